The molecule has 1 aromatic rings. The second kappa shape index (κ2) is 5.30. The van der Waals surface area contributed by atoms with Crippen LogP contribution in [0.5, 0.6) is 0 Å². The van der Waals surface area contributed by atoms with Gasteiger partial charge in [-0.1, -0.05) is 0 Å². The standard InChI is InChI=1S/C12H17N3O3/c1-15(8-2-4-9(16)5-3-8)11-7-6-10(12(17)18)13-14-11/h6-9,16H,2-5H2,1H3,(H,17,18). The predicted molar refractivity (Wildman–Crippen MR) is 65.7 cm³/mol. The maximum absolute atomic E-state index is 10.7. The lowest BCUT2D eigenvalue weighted by Gasteiger charge is -2.33. The topological polar surface area (TPSA) is 86.6 Å². The highest BCUT2D eigenvalue weighted by Gasteiger charge is 2.23. The molecule has 6 nitrogen and oxygen atoms in total. The molecule has 1 aromatic heterocycles. The van der Waals surface area contributed by atoms with Gasteiger partial charge in [-0.15, -0.1) is 10.2 Å². The van der Waals surface area contributed by atoms with E-state index in [2.05, 4.69) is 10.2 Å². The largest absolute Gasteiger partial charge is 0.476 e. The minimum Gasteiger partial charge on any atom is -0.476 e. The van der Waals surface area contributed by atoms with Crippen LogP contribution in [-0.4, -0.2) is 45.6 Å². The molecule has 98 valence electrons. The van der Waals surface area contributed by atoms with Gasteiger partial charge in [0.05, 0.1) is 6.10 Å². The van der Waals surface area contributed by atoms with Gasteiger partial charge in [0.15, 0.2) is 11.5 Å². The van der Waals surface area contributed by atoms with Crippen LogP contribution in [0, 0.1) is 0 Å². The van der Waals surface area contributed by atoms with Crippen LogP contribution in [0.15, 0.2) is 12.1 Å². The molecule has 1 aliphatic carbocycles. The molecule has 18 heavy (non-hydrogen) atoms. The van der Waals surface area contributed by atoms with Gasteiger partial charge in [-0.25, -0.2) is 4.79 Å². The highest BCUT2D eigenvalue weighted by atomic mass is 16.4. The van der Waals surface area contributed by atoms with Crippen molar-refractivity contribution in [2.24, 2.45) is 0 Å². The number of carboxylic acids is 1. The van der Waals surface area contributed by atoms with Crippen LogP contribution < -0.4 is 4.90 Å². The molecule has 0 spiro atoms. The average molecular weight is 251 g/mol. The van der Waals surface area contributed by atoms with Crippen LogP contribution in [0.3, 0.4) is 0 Å². The second-order valence-corrected chi connectivity index (χ2v) is 4.66. The lowest BCUT2D eigenvalue weighted by molar-refractivity contribution is 0.0689. The normalized spacial score (nSPS) is 23.7. The van der Waals surface area contributed by atoms with Crippen LogP contribution in [0.4, 0.5) is 5.82 Å². The zero-order valence-corrected chi connectivity index (χ0v) is 10.3. The fourth-order valence-electron chi connectivity index (χ4n) is 2.26. The third-order valence-corrected chi connectivity index (χ3v) is 3.44. The summed E-state index contributed by atoms with van der Waals surface area (Å²) in [5.41, 5.74) is -0.0498. The van der Waals surface area contributed by atoms with E-state index in [4.69, 9.17) is 5.11 Å². The van der Waals surface area contributed by atoms with E-state index >= 15 is 0 Å². The zero-order chi connectivity index (χ0) is 13.1. The number of hydrogen-bond donors (Lipinski definition) is 2. The quantitative estimate of drug-likeness (QED) is 0.830. The van der Waals surface area contributed by atoms with Gasteiger partial charge in [0, 0.05) is 13.1 Å². The number of aliphatic hydroxyl groups is 1. The number of aromatic carboxylic acids is 1. The second-order valence-electron chi connectivity index (χ2n) is 4.66. The first-order chi connectivity index (χ1) is 8.58. The Morgan fingerprint density at radius 2 is 1.94 bits per heavy atom. The Kier molecular flexibility index (Phi) is 3.76. The van der Waals surface area contributed by atoms with Gasteiger partial charge in [0.1, 0.15) is 0 Å². The van der Waals surface area contributed by atoms with E-state index in [0.717, 1.165) is 25.7 Å². The van der Waals surface area contributed by atoms with Gasteiger partial charge in [0.2, 0.25) is 0 Å². The number of anilines is 1. The van der Waals surface area contributed by atoms with E-state index < -0.39 is 5.97 Å². The van der Waals surface area contributed by atoms with Crippen LogP contribution in [-0.2, 0) is 0 Å². The predicted octanol–water partition coefficient (Wildman–Crippen LogP) is 0.914. The summed E-state index contributed by atoms with van der Waals surface area (Å²) < 4.78 is 0. The van der Waals surface area contributed by atoms with Gasteiger partial charge in [-0.05, 0) is 37.8 Å². The third kappa shape index (κ3) is 2.76. The fourth-order valence-corrected chi connectivity index (χ4v) is 2.26. The molecule has 0 unspecified atom stereocenters. The molecule has 1 aliphatic rings. The lowest BCUT2D eigenvalue weighted by Crippen LogP contribution is -2.37. The molecule has 2 N–H and O–H groups in total. The van der Waals surface area contributed by atoms with Crippen molar-refractivity contribution in [3.63, 3.8) is 0 Å². The van der Waals surface area contributed by atoms with E-state index in [1.165, 1.54) is 6.07 Å². The molecule has 0 bridgehead atoms. The van der Waals surface area contributed by atoms with Crippen LogP contribution in [0.2, 0.25) is 0 Å². The first-order valence-corrected chi connectivity index (χ1v) is 6.06. The first-order valence-electron chi connectivity index (χ1n) is 6.06. The van der Waals surface area contributed by atoms with Crippen molar-refractivity contribution in [3.8, 4) is 0 Å². The van der Waals surface area contributed by atoms with Crippen molar-refractivity contribution >= 4 is 11.8 Å². The first kappa shape index (κ1) is 12.8. The summed E-state index contributed by atoms with van der Waals surface area (Å²) >= 11 is 0. The SMILES string of the molecule is CN(c1ccc(C(=O)O)nn1)C1CCC(O)CC1. The van der Waals surface area contributed by atoms with Crippen molar-refractivity contribution in [2.45, 2.75) is 37.8 Å². The molecule has 0 aromatic carbocycles. The van der Waals surface area contributed by atoms with Gasteiger partial charge in [0.25, 0.3) is 0 Å². The van der Waals surface area contributed by atoms with Crippen molar-refractivity contribution in [2.75, 3.05) is 11.9 Å². The molecule has 6 heteroatoms. The summed E-state index contributed by atoms with van der Waals surface area (Å²) in [6, 6.07) is 3.46. The molecule has 0 atom stereocenters. The van der Waals surface area contributed by atoms with E-state index in [1.54, 1.807) is 6.07 Å². The van der Waals surface area contributed by atoms with Crippen molar-refractivity contribution < 1.29 is 15.0 Å². The Morgan fingerprint density at radius 1 is 1.28 bits per heavy atom. The highest BCUT2D eigenvalue weighted by Crippen LogP contribution is 2.24. The number of carbonyl (C=O) groups is 1. The van der Waals surface area contributed by atoms with E-state index in [0.29, 0.717) is 11.9 Å². The third-order valence-electron chi connectivity index (χ3n) is 3.44. The number of aliphatic hydroxyl groups excluding tert-OH is 1. The maximum atomic E-state index is 10.7. The molecule has 0 saturated heterocycles. The monoisotopic (exact) mass is 251 g/mol. The number of nitrogens with zero attached hydrogens (tertiary/aromatic N) is 3. The van der Waals surface area contributed by atoms with Crippen molar-refractivity contribution in [1.29, 1.82) is 0 Å². The van der Waals surface area contributed by atoms with Crippen LogP contribution in [0.25, 0.3) is 0 Å². The Morgan fingerprint density at radius 3 is 2.44 bits per heavy atom. The van der Waals surface area contributed by atoms with Gasteiger partial charge in [-0.2, -0.15) is 0 Å². The average Bonchev–Trinajstić information content (AvgIpc) is 2.39. The summed E-state index contributed by atoms with van der Waals surface area (Å²) in [6.07, 6.45) is 3.25. The van der Waals surface area contributed by atoms with Gasteiger partial charge in [-0.3, -0.25) is 0 Å². The van der Waals surface area contributed by atoms with Crippen molar-refractivity contribution in [3.05, 3.63) is 17.8 Å². The van der Waals surface area contributed by atoms with Gasteiger partial charge >= 0.3 is 5.97 Å². The lowest BCUT2D eigenvalue weighted by atomic mass is 9.92. The molecule has 0 aliphatic heterocycles. The summed E-state index contributed by atoms with van der Waals surface area (Å²) in [4.78, 5) is 12.7. The molecule has 1 heterocycles. The number of aromatic nitrogens is 2. The van der Waals surface area contributed by atoms with E-state index in [1.807, 2.05) is 11.9 Å². The Balaban J connectivity index is 2.04. The van der Waals surface area contributed by atoms with Crippen molar-refractivity contribution in [1.82, 2.24) is 10.2 Å². The zero-order valence-electron chi connectivity index (χ0n) is 10.3. The Bertz CT molecular complexity index is 413. The fraction of sp³-hybridized carbons (Fsp3) is 0.583. The van der Waals surface area contributed by atoms with E-state index in [9.17, 15) is 9.90 Å². The van der Waals surface area contributed by atoms with Crippen LogP contribution in [0.1, 0.15) is 36.2 Å². The number of hydrogen-bond acceptors (Lipinski definition) is 5. The minimum absolute atomic E-state index is 0.0498. The molecule has 2 rings (SSSR count). The smallest absolute Gasteiger partial charge is 0.356 e. The molecule has 0 amide bonds. The number of carboxylic acid groups (broad SMARTS) is 1. The number of rotatable bonds is 3. The maximum Gasteiger partial charge on any atom is 0.356 e. The minimum atomic E-state index is -1.07. The van der Waals surface area contributed by atoms with E-state index in [-0.39, 0.29) is 11.8 Å². The highest BCUT2D eigenvalue weighted by molar-refractivity contribution is 5.85. The molecule has 0 radical (unpaired) electrons. The summed E-state index contributed by atoms with van der Waals surface area (Å²) in [6.45, 7) is 0. The Labute approximate surface area is 105 Å². The summed E-state index contributed by atoms with van der Waals surface area (Å²) in [5.74, 6) is -0.404. The molecule has 1 fully saturated rings. The Hall–Kier alpha value is -1.69. The molecular weight excluding hydrogens is 234 g/mol. The molecule has 1 saturated carbocycles. The van der Waals surface area contributed by atoms with Gasteiger partial charge < -0.3 is 15.1 Å². The molecular formula is C12H17N3O3. The summed E-state index contributed by atoms with van der Waals surface area (Å²) in [7, 11) is 1.92. The van der Waals surface area contributed by atoms with Crippen LogP contribution >= 0.6 is 0 Å². The summed E-state index contributed by atoms with van der Waals surface area (Å²) in [5, 5.41) is 25.8.